The fraction of sp³-hybridized carbons (Fsp3) is 0. The van der Waals surface area contributed by atoms with Gasteiger partial charge >= 0.3 is 17.1 Å². The van der Waals surface area contributed by atoms with Gasteiger partial charge in [-0.25, -0.2) is 0 Å². The molecule has 2 rings (SSSR count). The Morgan fingerprint density at radius 3 is 1.38 bits per heavy atom. The monoisotopic (exact) mass is 280 g/mol. The van der Waals surface area contributed by atoms with Gasteiger partial charge in [-0.1, -0.05) is 60.7 Å². The molecule has 0 bridgehead atoms. The summed E-state index contributed by atoms with van der Waals surface area (Å²) in [5, 5.41) is 0.715. The molecule has 0 spiro atoms. The van der Waals surface area contributed by atoms with Gasteiger partial charge in [0.25, 0.3) is 0 Å². The van der Waals surface area contributed by atoms with Crippen molar-refractivity contribution in [2.24, 2.45) is 0 Å². The van der Waals surface area contributed by atoms with Crippen LogP contribution in [-0.2, 0) is 21.6 Å². The molecule has 4 heteroatoms. The van der Waals surface area contributed by atoms with Gasteiger partial charge in [0.05, 0.1) is 7.37 Å². The Bertz CT molecular complexity index is 441. The van der Waals surface area contributed by atoms with Gasteiger partial charge in [-0.15, -0.1) is 0 Å². The van der Waals surface area contributed by atoms with Crippen molar-refractivity contribution in [1.29, 1.82) is 0 Å². The van der Waals surface area contributed by atoms with E-state index >= 15 is 0 Å². The molecule has 16 heavy (non-hydrogen) atoms. The molecule has 0 aliphatic rings. The van der Waals surface area contributed by atoms with E-state index in [4.69, 9.17) is 0 Å². The van der Waals surface area contributed by atoms with Crippen molar-refractivity contribution in [2.75, 3.05) is 0 Å². The molecule has 0 N–H and O–H groups in total. The van der Waals surface area contributed by atoms with Crippen molar-refractivity contribution < 1.29 is 26.5 Å². The largest absolute Gasteiger partial charge is 1.00 e. The standard InChI is InChI=1S/C12H11O2P.Cu/c13-15(14,11-7-3-1-4-8-11)12-9-5-2-6-10-12;/h1-10H,(H,13,14);/q;+1/p-1. The summed E-state index contributed by atoms with van der Waals surface area (Å²) >= 11 is 0. The molecule has 0 radical (unpaired) electrons. The van der Waals surface area contributed by atoms with Gasteiger partial charge in [0.15, 0.2) is 0 Å². The van der Waals surface area contributed by atoms with Crippen LogP contribution < -0.4 is 15.5 Å². The molecular formula is C12H10CuO2P. The molecule has 2 nitrogen and oxygen atoms in total. The molecule has 0 aliphatic carbocycles. The smallest absolute Gasteiger partial charge is 0.793 e. The quantitative estimate of drug-likeness (QED) is 0.614. The van der Waals surface area contributed by atoms with Crippen LogP contribution in [0.25, 0.3) is 0 Å². The van der Waals surface area contributed by atoms with E-state index in [1.165, 1.54) is 0 Å². The second kappa shape index (κ2) is 5.47. The fourth-order valence-corrected chi connectivity index (χ4v) is 2.82. The summed E-state index contributed by atoms with van der Waals surface area (Å²) in [5.74, 6) is 0. The first-order valence-electron chi connectivity index (χ1n) is 4.63. The molecule has 0 saturated carbocycles. The third-order valence-corrected chi connectivity index (χ3v) is 4.15. The van der Waals surface area contributed by atoms with Gasteiger partial charge in [0, 0.05) is 10.6 Å². The molecule has 0 aliphatic heterocycles. The molecule has 0 saturated heterocycles. The summed E-state index contributed by atoms with van der Waals surface area (Å²) < 4.78 is 12.1. The van der Waals surface area contributed by atoms with E-state index in [9.17, 15) is 9.46 Å². The maximum absolute atomic E-state index is 12.1. The van der Waals surface area contributed by atoms with Crippen LogP contribution in [-0.4, -0.2) is 0 Å². The maximum atomic E-state index is 12.1. The first-order valence-corrected chi connectivity index (χ1v) is 6.26. The van der Waals surface area contributed by atoms with E-state index in [2.05, 4.69) is 0 Å². The van der Waals surface area contributed by atoms with E-state index in [1.807, 2.05) is 0 Å². The molecule has 2 aromatic rings. The molecule has 0 heterocycles. The van der Waals surface area contributed by atoms with Gasteiger partial charge in [0.1, 0.15) is 0 Å². The molecule has 2 aromatic carbocycles. The van der Waals surface area contributed by atoms with Gasteiger partial charge in [0.2, 0.25) is 0 Å². The van der Waals surface area contributed by atoms with Gasteiger partial charge in [-0.05, 0) is 0 Å². The summed E-state index contributed by atoms with van der Waals surface area (Å²) in [6.07, 6.45) is 0. The normalized spacial score (nSPS) is 10.6. The third-order valence-electron chi connectivity index (χ3n) is 2.19. The van der Waals surface area contributed by atoms with Crippen molar-refractivity contribution in [3.63, 3.8) is 0 Å². The fourth-order valence-electron chi connectivity index (χ4n) is 1.40. The zero-order valence-electron chi connectivity index (χ0n) is 8.34. The predicted octanol–water partition coefficient (Wildman–Crippen LogP) is 1.27. The van der Waals surface area contributed by atoms with Crippen LogP contribution in [0.1, 0.15) is 0 Å². The average Bonchev–Trinajstić information content (AvgIpc) is 2.31. The third kappa shape index (κ3) is 2.63. The summed E-state index contributed by atoms with van der Waals surface area (Å²) in [6, 6.07) is 16.9. The zero-order valence-corrected chi connectivity index (χ0v) is 10.2. The van der Waals surface area contributed by atoms with Crippen molar-refractivity contribution in [1.82, 2.24) is 0 Å². The predicted molar refractivity (Wildman–Crippen MR) is 59.8 cm³/mol. The Kier molecular flexibility index (Phi) is 4.52. The van der Waals surface area contributed by atoms with E-state index in [0.29, 0.717) is 10.6 Å². The van der Waals surface area contributed by atoms with E-state index in [-0.39, 0.29) is 17.1 Å². The molecule has 0 aromatic heterocycles. The van der Waals surface area contributed by atoms with Gasteiger partial charge in [-0.2, -0.15) is 0 Å². The van der Waals surface area contributed by atoms with Crippen molar-refractivity contribution in [2.45, 2.75) is 0 Å². The molecule has 0 atom stereocenters. The molecule has 86 valence electrons. The van der Waals surface area contributed by atoms with Crippen LogP contribution in [0.4, 0.5) is 0 Å². The van der Waals surface area contributed by atoms with Crippen LogP contribution in [0.3, 0.4) is 0 Å². The number of hydrogen-bond acceptors (Lipinski definition) is 2. The summed E-state index contributed by atoms with van der Waals surface area (Å²) in [4.78, 5) is 12.1. The first kappa shape index (κ1) is 13.2. The summed E-state index contributed by atoms with van der Waals surface area (Å²) in [6.45, 7) is 0. The van der Waals surface area contributed by atoms with Gasteiger partial charge in [-0.3, -0.25) is 0 Å². The topological polar surface area (TPSA) is 40.1 Å². The van der Waals surface area contributed by atoms with Crippen molar-refractivity contribution in [3.8, 4) is 0 Å². The van der Waals surface area contributed by atoms with Crippen molar-refractivity contribution in [3.05, 3.63) is 60.7 Å². The van der Waals surface area contributed by atoms with E-state index in [0.717, 1.165) is 0 Å². The van der Waals surface area contributed by atoms with E-state index in [1.54, 1.807) is 60.7 Å². The molecule has 0 fully saturated rings. The number of rotatable bonds is 2. The average molecular weight is 281 g/mol. The van der Waals surface area contributed by atoms with Gasteiger partial charge < -0.3 is 9.46 Å². The minimum absolute atomic E-state index is 0. The second-order valence-electron chi connectivity index (χ2n) is 3.22. The number of benzene rings is 2. The molecular weight excluding hydrogens is 271 g/mol. The molecule has 0 amide bonds. The van der Waals surface area contributed by atoms with Crippen molar-refractivity contribution >= 4 is 18.0 Å². The Hall–Kier alpha value is -0.851. The zero-order chi connectivity index (χ0) is 10.7. The van der Waals surface area contributed by atoms with Crippen LogP contribution in [0, 0.1) is 0 Å². The Balaban J connectivity index is 0.00000128. The maximum Gasteiger partial charge on any atom is 1.00 e. The summed E-state index contributed by atoms with van der Waals surface area (Å²) in [7, 11) is -3.65. The van der Waals surface area contributed by atoms with Crippen LogP contribution in [0.2, 0.25) is 0 Å². The number of hydrogen-bond donors (Lipinski definition) is 0. The Morgan fingerprint density at radius 1 is 0.750 bits per heavy atom. The minimum atomic E-state index is -3.65. The minimum Gasteiger partial charge on any atom is -0.793 e. The van der Waals surface area contributed by atoms with Crippen LogP contribution >= 0.6 is 7.37 Å². The summed E-state index contributed by atoms with van der Waals surface area (Å²) in [5.41, 5.74) is 0. The van der Waals surface area contributed by atoms with E-state index < -0.39 is 7.37 Å². The van der Waals surface area contributed by atoms with Crippen LogP contribution in [0.15, 0.2) is 60.7 Å². The SMILES string of the molecule is O=P([O-])(c1ccccc1)c1ccccc1.[Cu+]. The first-order chi connectivity index (χ1) is 7.21. The molecule has 0 unspecified atom stereocenters. The van der Waals surface area contributed by atoms with Crippen LogP contribution in [0.5, 0.6) is 0 Å². The second-order valence-corrected chi connectivity index (χ2v) is 5.36. The Labute approximate surface area is 105 Å². The Morgan fingerprint density at radius 2 is 1.06 bits per heavy atom.